The molecule has 12 heteroatoms. The maximum atomic E-state index is 13.0. The summed E-state index contributed by atoms with van der Waals surface area (Å²) in [7, 11) is -4.03. The number of carbonyl (C=O) groups is 2. The quantitative estimate of drug-likeness (QED) is 0.105. The number of nitrogens with two attached hydrogens (primary N) is 3. The molecule has 3 rings (SSSR count). The molecule has 0 aliphatic rings. The summed E-state index contributed by atoms with van der Waals surface area (Å²) in [6.45, 7) is 0.440. The highest BCUT2D eigenvalue weighted by atomic mass is 32.2. The Hall–Kier alpha value is -3.00. The topological polar surface area (TPSA) is 183 Å². The average molecular weight is 503 g/mol. The molecular weight excluding hydrogens is 476 g/mol. The molecule has 0 spiro atoms. The van der Waals surface area contributed by atoms with Crippen molar-refractivity contribution in [3.8, 4) is 11.1 Å². The van der Waals surface area contributed by atoms with E-state index >= 15 is 0 Å². The van der Waals surface area contributed by atoms with Gasteiger partial charge in [0.1, 0.15) is 11.2 Å². The Balaban J connectivity index is 1.73. The summed E-state index contributed by atoms with van der Waals surface area (Å²) in [6.07, 6.45) is 3.29. The zero-order valence-corrected chi connectivity index (χ0v) is 19.8. The molecule has 0 fully saturated rings. The summed E-state index contributed by atoms with van der Waals surface area (Å²) in [4.78, 5) is 29.3. The molecule has 8 N–H and O–H groups in total. The van der Waals surface area contributed by atoms with Gasteiger partial charge in [0, 0.05) is 12.4 Å². The second-order valence-electron chi connectivity index (χ2n) is 7.45. The highest BCUT2D eigenvalue weighted by Crippen LogP contribution is 2.28. The van der Waals surface area contributed by atoms with Crippen molar-refractivity contribution in [1.29, 1.82) is 0 Å². The number of aromatic nitrogens is 1. The van der Waals surface area contributed by atoms with Crippen LogP contribution < -0.4 is 27.2 Å². The molecule has 2 aromatic heterocycles. The van der Waals surface area contributed by atoms with Gasteiger partial charge < -0.3 is 17.2 Å². The van der Waals surface area contributed by atoms with E-state index in [9.17, 15) is 18.0 Å². The van der Waals surface area contributed by atoms with Crippen LogP contribution in [0.3, 0.4) is 0 Å². The van der Waals surface area contributed by atoms with Crippen molar-refractivity contribution < 1.29 is 18.0 Å². The first-order valence-corrected chi connectivity index (χ1v) is 12.7. The number of hydrogen-bond acceptors (Lipinski definition) is 10. The fourth-order valence-electron chi connectivity index (χ4n) is 3.16. The smallest absolute Gasteiger partial charge is 0.261 e. The van der Waals surface area contributed by atoms with E-state index in [-0.39, 0.29) is 21.9 Å². The third-order valence-electron chi connectivity index (χ3n) is 4.91. The fraction of sp³-hybridized carbons (Fsp3) is 0.227. The summed E-state index contributed by atoms with van der Waals surface area (Å²) in [5.74, 6) is -1.63. The van der Waals surface area contributed by atoms with E-state index in [0.29, 0.717) is 18.5 Å². The van der Waals surface area contributed by atoms with Crippen molar-refractivity contribution >= 4 is 38.6 Å². The van der Waals surface area contributed by atoms with E-state index in [0.717, 1.165) is 16.9 Å². The number of Topliss-reactive ketones (excluding diaryl/α,β-unsaturated/α-hetero) is 2. The molecule has 0 saturated heterocycles. The van der Waals surface area contributed by atoms with E-state index in [1.165, 1.54) is 23.6 Å². The van der Waals surface area contributed by atoms with Gasteiger partial charge in [-0.15, -0.1) is 11.3 Å². The summed E-state index contributed by atoms with van der Waals surface area (Å²) in [6, 6.07) is 10.3. The Morgan fingerprint density at radius 3 is 2.47 bits per heavy atom. The summed E-state index contributed by atoms with van der Waals surface area (Å²) in [5.41, 5.74) is 18.2. The van der Waals surface area contributed by atoms with E-state index in [4.69, 9.17) is 17.2 Å². The second-order valence-corrected chi connectivity index (χ2v) is 10.1. The van der Waals surface area contributed by atoms with E-state index < -0.39 is 33.9 Å². The third kappa shape index (κ3) is 6.53. The average Bonchev–Trinajstić information content (AvgIpc) is 3.28. The number of rotatable bonds is 12. The van der Waals surface area contributed by atoms with Crippen LogP contribution in [0.5, 0.6) is 0 Å². The molecular formula is C22H26N6O4S2. The highest BCUT2D eigenvalue weighted by Gasteiger charge is 2.28. The van der Waals surface area contributed by atoms with Crippen LogP contribution in [0.4, 0.5) is 5.69 Å². The zero-order chi connectivity index (χ0) is 24.7. The van der Waals surface area contributed by atoms with Crippen LogP contribution in [0, 0.1) is 0 Å². The lowest BCUT2D eigenvalue weighted by atomic mass is 10.0. The number of thiophene rings is 1. The molecule has 0 radical (unpaired) electrons. The van der Waals surface area contributed by atoms with Crippen molar-refractivity contribution in [3.05, 3.63) is 65.1 Å². The Kier molecular flexibility index (Phi) is 8.61. The first-order valence-electron chi connectivity index (χ1n) is 10.4. The van der Waals surface area contributed by atoms with Crippen LogP contribution in [-0.2, 0) is 14.8 Å². The number of nitrogens with one attached hydrogen (secondary N) is 2. The van der Waals surface area contributed by atoms with Gasteiger partial charge in [-0.05, 0) is 66.2 Å². The normalized spacial score (nSPS) is 12.5. The Labute approximate surface area is 201 Å². The standard InChI is InChI=1S/C22H26N6O4S2/c23-17(5-2-9-27-22(24)25)19(29)20(30)21-18(8-12-33-21)28-34(31,32)16-4-1-3-15(13-16)14-6-10-26-11-7-14/h1,3-4,6-8,10-13,17,22,27-28H,2,5,9,23-25H2/t17-/m0/s1. The molecule has 0 unspecified atom stereocenters. The van der Waals surface area contributed by atoms with Gasteiger partial charge in [-0.25, -0.2) is 8.42 Å². The zero-order valence-electron chi connectivity index (χ0n) is 18.2. The van der Waals surface area contributed by atoms with Gasteiger partial charge in [0.15, 0.2) is 0 Å². The predicted molar refractivity (Wildman–Crippen MR) is 132 cm³/mol. The largest absolute Gasteiger partial charge is 0.321 e. The Morgan fingerprint density at radius 1 is 1.03 bits per heavy atom. The van der Waals surface area contributed by atoms with Crippen LogP contribution in [0.2, 0.25) is 0 Å². The van der Waals surface area contributed by atoms with E-state index in [1.54, 1.807) is 36.7 Å². The number of nitrogens with zero attached hydrogens (tertiary/aromatic N) is 1. The van der Waals surface area contributed by atoms with Gasteiger partial charge in [-0.3, -0.25) is 24.6 Å². The monoisotopic (exact) mass is 502 g/mol. The van der Waals surface area contributed by atoms with Crippen LogP contribution in [0.15, 0.2) is 65.1 Å². The Morgan fingerprint density at radius 2 is 1.76 bits per heavy atom. The fourth-order valence-corrected chi connectivity index (χ4v) is 5.13. The second kappa shape index (κ2) is 11.4. The minimum absolute atomic E-state index is 0.0139. The van der Waals surface area contributed by atoms with Crippen molar-refractivity contribution in [1.82, 2.24) is 10.3 Å². The van der Waals surface area contributed by atoms with Gasteiger partial charge in [-0.1, -0.05) is 12.1 Å². The lowest BCUT2D eigenvalue weighted by Gasteiger charge is -2.12. The molecule has 1 aromatic carbocycles. The van der Waals surface area contributed by atoms with E-state index in [2.05, 4.69) is 15.0 Å². The maximum Gasteiger partial charge on any atom is 0.261 e. The number of carbonyl (C=O) groups excluding carboxylic acids is 2. The molecule has 3 aromatic rings. The number of sulfonamides is 1. The first kappa shape index (κ1) is 25.6. The molecule has 0 bridgehead atoms. The van der Waals surface area contributed by atoms with Crippen LogP contribution in [-0.4, -0.2) is 43.8 Å². The molecule has 180 valence electrons. The SMILES string of the molecule is NC(N)NCCC[C@H](N)C(=O)C(=O)c1sccc1NS(=O)(=O)c1cccc(-c2ccncc2)c1. The van der Waals surface area contributed by atoms with Crippen LogP contribution in [0.25, 0.3) is 11.1 Å². The predicted octanol–water partition coefficient (Wildman–Crippen LogP) is 1.26. The summed E-state index contributed by atoms with van der Waals surface area (Å²) in [5, 5.41) is 4.32. The number of ketones is 2. The van der Waals surface area contributed by atoms with Gasteiger partial charge in [0.25, 0.3) is 10.0 Å². The highest BCUT2D eigenvalue weighted by molar-refractivity contribution is 7.92. The van der Waals surface area contributed by atoms with Gasteiger partial charge in [-0.2, -0.15) is 0 Å². The molecule has 2 heterocycles. The summed E-state index contributed by atoms with van der Waals surface area (Å²) < 4.78 is 28.5. The minimum Gasteiger partial charge on any atom is -0.321 e. The molecule has 0 aliphatic carbocycles. The lowest BCUT2D eigenvalue weighted by molar-refractivity contribution is -0.116. The number of anilines is 1. The van der Waals surface area contributed by atoms with Gasteiger partial charge in [0.05, 0.1) is 16.6 Å². The molecule has 0 amide bonds. The molecule has 0 saturated carbocycles. The van der Waals surface area contributed by atoms with Crippen molar-refractivity contribution in [2.24, 2.45) is 17.2 Å². The van der Waals surface area contributed by atoms with Crippen molar-refractivity contribution in [3.63, 3.8) is 0 Å². The van der Waals surface area contributed by atoms with Gasteiger partial charge >= 0.3 is 0 Å². The number of pyridine rings is 1. The van der Waals surface area contributed by atoms with Crippen molar-refractivity contribution in [2.45, 2.75) is 30.1 Å². The minimum atomic E-state index is -4.03. The number of benzene rings is 1. The first-order chi connectivity index (χ1) is 16.2. The van der Waals surface area contributed by atoms with Crippen molar-refractivity contribution in [2.75, 3.05) is 11.3 Å². The molecule has 34 heavy (non-hydrogen) atoms. The lowest BCUT2D eigenvalue weighted by Crippen LogP contribution is -2.46. The Bertz CT molecular complexity index is 1250. The molecule has 1 atom stereocenters. The van der Waals surface area contributed by atoms with Gasteiger partial charge in [0.2, 0.25) is 11.6 Å². The molecule has 10 nitrogen and oxygen atoms in total. The van der Waals surface area contributed by atoms with Crippen LogP contribution in [0.1, 0.15) is 22.5 Å². The summed E-state index contributed by atoms with van der Waals surface area (Å²) >= 11 is 0.966. The van der Waals surface area contributed by atoms with E-state index in [1.807, 2.05) is 0 Å². The number of hydrogen-bond donors (Lipinski definition) is 5. The molecule has 0 aliphatic heterocycles. The van der Waals surface area contributed by atoms with Crippen LogP contribution >= 0.6 is 11.3 Å². The maximum absolute atomic E-state index is 13.0. The third-order valence-corrected chi connectivity index (χ3v) is 7.18.